The van der Waals surface area contributed by atoms with Crippen LogP contribution in [0.1, 0.15) is 44.4 Å². The predicted molar refractivity (Wildman–Crippen MR) is 122 cm³/mol. The number of benzene rings is 2. The zero-order valence-electron chi connectivity index (χ0n) is 17.6. The molecule has 1 atom stereocenters. The first-order chi connectivity index (χ1) is 14.2. The smallest absolute Gasteiger partial charge is 0.122 e. The normalized spacial score (nSPS) is 14.7. The van der Waals surface area contributed by atoms with Crippen LogP contribution in [0.2, 0.25) is 0 Å². The number of allylic oxidation sites excluding steroid dienone is 4. The molecule has 0 amide bonds. The predicted octanol–water partition coefficient (Wildman–Crippen LogP) is 7.02. The van der Waals surface area contributed by atoms with Crippen LogP contribution in [-0.2, 0) is 12.8 Å². The Morgan fingerprint density at radius 3 is 2.69 bits per heavy atom. The zero-order valence-corrected chi connectivity index (χ0v) is 17.6. The molecule has 0 saturated carbocycles. The van der Waals surface area contributed by atoms with Crippen molar-refractivity contribution in [3.05, 3.63) is 89.2 Å². The van der Waals surface area contributed by atoms with E-state index in [0.29, 0.717) is 12.5 Å². The number of nitrogens with one attached hydrogen (secondary N) is 1. The van der Waals surface area contributed by atoms with E-state index in [9.17, 15) is 0 Å². The lowest BCUT2D eigenvalue weighted by molar-refractivity contribution is 0.317. The van der Waals surface area contributed by atoms with Crippen LogP contribution in [0.4, 0.5) is 0 Å². The highest BCUT2D eigenvalue weighted by molar-refractivity contribution is 5.80. The molecular formula is C27H31NO. The van der Waals surface area contributed by atoms with Gasteiger partial charge in [-0.1, -0.05) is 66.6 Å². The van der Waals surface area contributed by atoms with Gasteiger partial charge in [0, 0.05) is 17.6 Å². The molecule has 0 fully saturated rings. The maximum absolute atomic E-state index is 6.17. The molecule has 29 heavy (non-hydrogen) atoms. The molecule has 1 aliphatic carbocycles. The SMILES string of the molecule is CC1=CCC(C(C)CCCc2ccccc2OCCc2cc3ccccc3[nH]2)=C1. The summed E-state index contributed by atoms with van der Waals surface area (Å²) in [5, 5.41) is 1.26. The van der Waals surface area contributed by atoms with Gasteiger partial charge in [-0.05, 0) is 67.7 Å². The molecule has 3 aromatic rings. The van der Waals surface area contributed by atoms with Gasteiger partial charge in [-0.2, -0.15) is 0 Å². The minimum Gasteiger partial charge on any atom is -0.493 e. The van der Waals surface area contributed by atoms with Crippen LogP contribution in [-0.4, -0.2) is 11.6 Å². The van der Waals surface area contributed by atoms with Crippen LogP contribution in [0, 0.1) is 5.92 Å². The molecule has 1 aromatic heterocycles. The Morgan fingerprint density at radius 1 is 1.03 bits per heavy atom. The fraction of sp³-hybridized carbons (Fsp3) is 0.333. The monoisotopic (exact) mass is 385 g/mol. The first-order valence-electron chi connectivity index (χ1n) is 10.8. The topological polar surface area (TPSA) is 25.0 Å². The van der Waals surface area contributed by atoms with Gasteiger partial charge in [0.25, 0.3) is 0 Å². The Balaban J connectivity index is 1.28. The van der Waals surface area contributed by atoms with Crippen LogP contribution in [0.3, 0.4) is 0 Å². The number of para-hydroxylation sites is 2. The Labute approximate surface area is 174 Å². The van der Waals surface area contributed by atoms with Gasteiger partial charge in [-0.15, -0.1) is 0 Å². The van der Waals surface area contributed by atoms with E-state index < -0.39 is 0 Å². The van der Waals surface area contributed by atoms with E-state index in [1.54, 1.807) is 5.57 Å². The number of fused-ring (bicyclic) bond motifs is 1. The van der Waals surface area contributed by atoms with E-state index in [-0.39, 0.29) is 0 Å². The molecule has 2 nitrogen and oxygen atoms in total. The average Bonchev–Trinajstić information content (AvgIpc) is 3.35. The number of rotatable bonds is 9. The van der Waals surface area contributed by atoms with E-state index in [1.807, 2.05) is 0 Å². The number of hydrogen-bond acceptors (Lipinski definition) is 1. The lowest BCUT2D eigenvalue weighted by atomic mass is 9.93. The van der Waals surface area contributed by atoms with Gasteiger partial charge in [0.05, 0.1) is 6.61 Å². The fourth-order valence-corrected chi connectivity index (χ4v) is 4.21. The quantitative estimate of drug-likeness (QED) is 0.420. The minimum atomic E-state index is 0.666. The summed E-state index contributed by atoms with van der Waals surface area (Å²) in [6.07, 6.45) is 10.2. The van der Waals surface area contributed by atoms with E-state index in [1.165, 1.54) is 40.6 Å². The van der Waals surface area contributed by atoms with Gasteiger partial charge in [-0.25, -0.2) is 0 Å². The molecule has 1 heterocycles. The molecule has 0 aliphatic heterocycles. The highest BCUT2D eigenvalue weighted by Crippen LogP contribution is 2.28. The summed E-state index contributed by atoms with van der Waals surface area (Å²) in [4.78, 5) is 3.48. The Kier molecular flexibility index (Phi) is 6.19. The summed E-state index contributed by atoms with van der Waals surface area (Å²) in [5.74, 6) is 1.70. The number of H-pyrrole nitrogens is 1. The largest absolute Gasteiger partial charge is 0.493 e. The van der Waals surface area contributed by atoms with Crippen LogP contribution in [0.5, 0.6) is 5.75 Å². The summed E-state index contributed by atoms with van der Waals surface area (Å²) in [7, 11) is 0. The molecule has 150 valence electrons. The van der Waals surface area contributed by atoms with E-state index in [0.717, 1.165) is 25.0 Å². The molecule has 0 radical (unpaired) electrons. The van der Waals surface area contributed by atoms with E-state index >= 15 is 0 Å². The third kappa shape index (κ3) is 5.00. The van der Waals surface area contributed by atoms with Crippen molar-refractivity contribution in [2.75, 3.05) is 6.61 Å². The van der Waals surface area contributed by atoms with Crippen molar-refractivity contribution >= 4 is 10.9 Å². The average molecular weight is 386 g/mol. The summed E-state index contributed by atoms with van der Waals surface area (Å²) < 4.78 is 6.17. The molecule has 1 unspecified atom stereocenters. The van der Waals surface area contributed by atoms with E-state index in [2.05, 4.69) is 85.6 Å². The Bertz CT molecular complexity index is 991. The standard InChI is InChI=1S/C27H31NO/c1-20-14-15-23(18-20)21(2)8-7-11-22-9-4-6-13-27(22)29-17-16-25-19-24-10-3-5-12-26(24)28-25/h3-6,9-10,12-14,18-19,21,28H,7-8,11,15-17H2,1-2H3. The summed E-state index contributed by atoms with van der Waals surface area (Å²) in [5.41, 5.74) is 6.75. The molecule has 2 aromatic carbocycles. The maximum atomic E-state index is 6.17. The summed E-state index contributed by atoms with van der Waals surface area (Å²) in [6.45, 7) is 5.25. The number of aromatic nitrogens is 1. The van der Waals surface area contributed by atoms with Crippen LogP contribution >= 0.6 is 0 Å². The van der Waals surface area contributed by atoms with Crippen LogP contribution < -0.4 is 4.74 Å². The Morgan fingerprint density at radius 2 is 1.86 bits per heavy atom. The lowest BCUT2D eigenvalue weighted by Gasteiger charge is -2.14. The van der Waals surface area contributed by atoms with Crippen molar-refractivity contribution in [1.29, 1.82) is 0 Å². The van der Waals surface area contributed by atoms with Gasteiger partial charge in [-0.3, -0.25) is 0 Å². The van der Waals surface area contributed by atoms with Crippen molar-refractivity contribution in [1.82, 2.24) is 4.98 Å². The molecular weight excluding hydrogens is 354 g/mol. The summed E-state index contributed by atoms with van der Waals surface area (Å²) >= 11 is 0. The second-order valence-corrected chi connectivity index (χ2v) is 8.25. The third-order valence-electron chi connectivity index (χ3n) is 5.98. The molecule has 1 aliphatic rings. The van der Waals surface area contributed by atoms with E-state index in [4.69, 9.17) is 4.74 Å². The van der Waals surface area contributed by atoms with Crippen molar-refractivity contribution in [2.45, 2.75) is 46.0 Å². The molecule has 2 heteroatoms. The Hall–Kier alpha value is -2.74. The lowest BCUT2D eigenvalue weighted by Crippen LogP contribution is -2.04. The van der Waals surface area contributed by atoms with Crippen molar-refractivity contribution in [2.24, 2.45) is 5.92 Å². The number of hydrogen-bond donors (Lipinski definition) is 1. The van der Waals surface area contributed by atoms with Crippen molar-refractivity contribution < 1.29 is 4.74 Å². The van der Waals surface area contributed by atoms with Crippen molar-refractivity contribution in [3.8, 4) is 5.75 Å². The molecule has 0 saturated heterocycles. The molecule has 0 bridgehead atoms. The van der Waals surface area contributed by atoms with Gasteiger partial charge < -0.3 is 9.72 Å². The number of aromatic amines is 1. The second-order valence-electron chi connectivity index (χ2n) is 8.25. The zero-order chi connectivity index (χ0) is 20.1. The maximum Gasteiger partial charge on any atom is 0.122 e. The van der Waals surface area contributed by atoms with Crippen LogP contribution in [0.25, 0.3) is 10.9 Å². The number of aryl methyl sites for hydroxylation is 1. The highest BCUT2D eigenvalue weighted by atomic mass is 16.5. The molecule has 4 rings (SSSR count). The fourth-order valence-electron chi connectivity index (χ4n) is 4.21. The number of ether oxygens (including phenoxy) is 1. The first-order valence-corrected chi connectivity index (χ1v) is 10.8. The molecule has 1 N–H and O–H groups in total. The van der Waals surface area contributed by atoms with Gasteiger partial charge >= 0.3 is 0 Å². The summed E-state index contributed by atoms with van der Waals surface area (Å²) in [6, 6.07) is 19.1. The van der Waals surface area contributed by atoms with Gasteiger partial charge in [0.15, 0.2) is 0 Å². The minimum absolute atomic E-state index is 0.666. The van der Waals surface area contributed by atoms with Gasteiger partial charge in [0.1, 0.15) is 5.75 Å². The van der Waals surface area contributed by atoms with Crippen LogP contribution in [0.15, 0.2) is 77.9 Å². The van der Waals surface area contributed by atoms with Gasteiger partial charge in [0.2, 0.25) is 0 Å². The highest BCUT2D eigenvalue weighted by Gasteiger charge is 2.12. The second kappa shape index (κ2) is 9.17. The van der Waals surface area contributed by atoms with Crippen molar-refractivity contribution in [3.63, 3.8) is 0 Å². The molecule has 0 spiro atoms. The first kappa shape index (κ1) is 19.6. The third-order valence-corrected chi connectivity index (χ3v) is 5.98.